The molecule has 6 heteroatoms. The number of nitro groups is 1. The van der Waals surface area contributed by atoms with Crippen LogP contribution in [0.15, 0.2) is 48.5 Å². The number of nitrogens with zero attached hydrogens (tertiary/aromatic N) is 3. The predicted octanol–water partition coefficient (Wildman–Crippen LogP) is 6.03. The Labute approximate surface area is 168 Å². The van der Waals surface area contributed by atoms with Gasteiger partial charge in [0.25, 0.3) is 5.69 Å². The first kappa shape index (κ1) is 19.4. The molecular weight excluding hydrogens is 374 g/mol. The van der Waals surface area contributed by atoms with Gasteiger partial charge in [0, 0.05) is 28.5 Å². The summed E-state index contributed by atoms with van der Waals surface area (Å²) < 4.78 is 1.97. The van der Waals surface area contributed by atoms with Crippen LogP contribution in [0, 0.1) is 42.2 Å². The van der Waals surface area contributed by atoms with Crippen molar-refractivity contribution >= 4 is 28.9 Å². The first-order valence-corrected chi connectivity index (χ1v) is 9.01. The summed E-state index contributed by atoms with van der Waals surface area (Å²) >= 11 is 6.05. The predicted molar refractivity (Wildman–Crippen MR) is 112 cm³/mol. The molecule has 140 valence electrons. The molecule has 0 saturated carbocycles. The Morgan fingerprint density at radius 1 is 1.18 bits per heavy atom. The van der Waals surface area contributed by atoms with E-state index in [0.717, 1.165) is 33.8 Å². The van der Waals surface area contributed by atoms with E-state index in [-0.39, 0.29) is 5.69 Å². The van der Waals surface area contributed by atoms with Gasteiger partial charge in [0.1, 0.15) is 0 Å². The Hall–Kier alpha value is -3.36. The van der Waals surface area contributed by atoms with Gasteiger partial charge in [0.2, 0.25) is 0 Å². The molecule has 0 bridgehead atoms. The van der Waals surface area contributed by atoms with E-state index < -0.39 is 4.92 Å². The number of halogens is 1. The molecule has 0 aliphatic rings. The number of nitro benzene ring substituents is 1. The largest absolute Gasteiger partial charge is 0.317 e. The van der Waals surface area contributed by atoms with Gasteiger partial charge >= 0.3 is 0 Å². The topological polar surface area (TPSA) is 71.9 Å². The second-order valence-electron chi connectivity index (χ2n) is 6.57. The van der Waals surface area contributed by atoms with Gasteiger partial charge in [-0.05, 0) is 61.7 Å². The summed E-state index contributed by atoms with van der Waals surface area (Å²) in [6, 6.07) is 16.2. The Morgan fingerprint density at radius 2 is 1.93 bits per heavy atom. The zero-order chi connectivity index (χ0) is 20.4. The number of rotatable bonds is 4. The maximum Gasteiger partial charge on any atom is 0.271 e. The average molecular weight is 392 g/mol. The molecule has 0 fully saturated rings. The fourth-order valence-corrected chi connectivity index (χ4v) is 3.44. The highest BCUT2D eigenvalue weighted by Gasteiger charge is 2.15. The third-order valence-corrected chi connectivity index (χ3v) is 4.91. The Balaban J connectivity index is 2.14. The standard InChI is InChI=1S/C22H18ClN3O2/c1-14-7-8-21(26(27)28)12-22(14)25-15(2)9-18(16(25)3)10-19(13-24)17-5-4-6-20(23)11-17/h4-12H,1-3H3/b19-10-. The first-order valence-electron chi connectivity index (χ1n) is 8.64. The number of benzene rings is 2. The summed E-state index contributed by atoms with van der Waals surface area (Å²) in [5.41, 5.74) is 5.67. The number of hydrogen-bond donors (Lipinski definition) is 0. The molecule has 0 aliphatic heterocycles. The molecular formula is C22H18ClN3O2. The van der Waals surface area contributed by atoms with E-state index in [1.54, 1.807) is 30.3 Å². The molecule has 0 amide bonds. The molecule has 0 spiro atoms. The molecule has 0 saturated heterocycles. The van der Waals surface area contributed by atoms with Crippen molar-refractivity contribution in [2.45, 2.75) is 20.8 Å². The first-order chi connectivity index (χ1) is 13.3. The zero-order valence-electron chi connectivity index (χ0n) is 15.7. The fraction of sp³-hybridized carbons (Fsp3) is 0.136. The smallest absolute Gasteiger partial charge is 0.271 e. The van der Waals surface area contributed by atoms with Crippen molar-refractivity contribution in [3.63, 3.8) is 0 Å². The number of hydrogen-bond acceptors (Lipinski definition) is 3. The van der Waals surface area contributed by atoms with Gasteiger partial charge < -0.3 is 4.57 Å². The third-order valence-electron chi connectivity index (χ3n) is 4.67. The van der Waals surface area contributed by atoms with Gasteiger partial charge in [-0.15, -0.1) is 0 Å². The molecule has 3 rings (SSSR count). The van der Waals surface area contributed by atoms with E-state index in [0.29, 0.717) is 10.6 Å². The molecule has 0 N–H and O–H groups in total. The summed E-state index contributed by atoms with van der Waals surface area (Å²) in [4.78, 5) is 10.8. The van der Waals surface area contributed by atoms with Crippen LogP contribution in [-0.2, 0) is 0 Å². The molecule has 3 aromatic rings. The Kier molecular flexibility index (Phi) is 5.34. The highest BCUT2D eigenvalue weighted by Crippen LogP contribution is 2.29. The van der Waals surface area contributed by atoms with E-state index in [2.05, 4.69) is 6.07 Å². The van der Waals surface area contributed by atoms with Crippen LogP contribution in [0.5, 0.6) is 0 Å². The van der Waals surface area contributed by atoms with Crippen molar-refractivity contribution < 1.29 is 4.92 Å². The maximum absolute atomic E-state index is 11.2. The second-order valence-corrected chi connectivity index (χ2v) is 7.01. The van der Waals surface area contributed by atoms with Crippen LogP contribution in [-0.4, -0.2) is 9.49 Å². The minimum absolute atomic E-state index is 0.0434. The molecule has 0 atom stereocenters. The van der Waals surface area contributed by atoms with Crippen LogP contribution in [0.25, 0.3) is 17.3 Å². The number of non-ortho nitro benzene ring substituents is 1. The summed E-state index contributed by atoms with van der Waals surface area (Å²) in [5.74, 6) is 0. The molecule has 1 aromatic heterocycles. The molecule has 0 radical (unpaired) electrons. The summed E-state index contributed by atoms with van der Waals surface area (Å²) in [6.45, 7) is 5.79. The quantitative estimate of drug-likeness (QED) is 0.309. The minimum atomic E-state index is -0.398. The SMILES string of the molecule is Cc1ccc([N+](=O)[O-])cc1-n1c(C)cc(/C=C(/C#N)c2cccc(Cl)c2)c1C. The lowest BCUT2D eigenvalue weighted by molar-refractivity contribution is -0.384. The van der Waals surface area contributed by atoms with Crippen LogP contribution in [0.2, 0.25) is 5.02 Å². The molecule has 28 heavy (non-hydrogen) atoms. The molecule has 5 nitrogen and oxygen atoms in total. The Bertz CT molecular complexity index is 1150. The second kappa shape index (κ2) is 7.71. The summed E-state index contributed by atoms with van der Waals surface area (Å²) in [7, 11) is 0. The van der Waals surface area contributed by atoms with Crippen LogP contribution in [0.3, 0.4) is 0 Å². The van der Waals surface area contributed by atoms with Gasteiger partial charge in [0.05, 0.1) is 22.3 Å². The van der Waals surface area contributed by atoms with E-state index in [1.165, 1.54) is 6.07 Å². The lowest BCUT2D eigenvalue weighted by Crippen LogP contribution is -2.02. The summed E-state index contributed by atoms with van der Waals surface area (Å²) in [5, 5.41) is 21.4. The van der Waals surface area contributed by atoms with Crippen molar-refractivity contribution in [3.05, 3.63) is 91.7 Å². The van der Waals surface area contributed by atoms with E-state index in [4.69, 9.17) is 11.6 Å². The van der Waals surface area contributed by atoms with E-state index in [1.807, 2.05) is 43.5 Å². The monoisotopic (exact) mass is 391 g/mol. The number of allylic oxidation sites excluding steroid dienone is 1. The molecule has 0 aliphatic carbocycles. The van der Waals surface area contributed by atoms with Crippen molar-refractivity contribution in [1.29, 1.82) is 5.26 Å². The van der Waals surface area contributed by atoms with Crippen molar-refractivity contribution in [3.8, 4) is 11.8 Å². The van der Waals surface area contributed by atoms with Crippen LogP contribution >= 0.6 is 11.6 Å². The van der Waals surface area contributed by atoms with Crippen LogP contribution in [0.1, 0.15) is 28.1 Å². The summed E-state index contributed by atoms with van der Waals surface area (Å²) in [6.07, 6.45) is 1.82. The van der Waals surface area contributed by atoms with Crippen LogP contribution in [0.4, 0.5) is 5.69 Å². The average Bonchev–Trinajstić information content (AvgIpc) is 2.93. The van der Waals surface area contributed by atoms with Crippen molar-refractivity contribution in [1.82, 2.24) is 4.57 Å². The van der Waals surface area contributed by atoms with E-state index in [9.17, 15) is 15.4 Å². The normalized spacial score (nSPS) is 11.3. The number of nitriles is 1. The lowest BCUT2D eigenvalue weighted by atomic mass is 10.0. The van der Waals surface area contributed by atoms with Gasteiger partial charge in [-0.3, -0.25) is 10.1 Å². The lowest BCUT2D eigenvalue weighted by Gasteiger charge is -2.12. The number of aromatic nitrogens is 1. The van der Waals surface area contributed by atoms with Crippen molar-refractivity contribution in [2.24, 2.45) is 0 Å². The van der Waals surface area contributed by atoms with Crippen LogP contribution < -0.4 is 0 Å². The van der Waals surface area contributed by atoms with Crippen molar-refractivity contribution in [2.75, 3.05) is 0 Å². The number of aryl methyl sites for hydroxylation is 2. The maximum atomic E-state index is 11.2. The molecule has 0 unspecified atom stereocenters. The van der Waals surface area contributed by atoms with Gasteiger partial charge in [-0.1, -0.05) is 29.8 Å². The highest BCUT2D eigenvalue weighted by atomic mass is 35.5. The van der Waals surface area contributed by atoms with Gasteiger partial charge in [-0.25, -0.2) is 0 Å². The highest BCUT2D eigenvalue weighted by molar-refractivity contribution is 6.30. The zero-order valence-corrected chi connectivity index (χ0v) is 16.5. The molecule has 1 heterocycles. The third kappa shape index (κ3) is 3.68. The minimum Gasteiger partial charge on any atom is -0.317 e. The van der Waals surface area contributed by atoms with E-state index >= 15 is 0 Å². The molecule has 2 aromatic carbocycles. The Morgan fingerprint density at radius 3 is 2.57 bits per heavy atom. The fourth-order valence-electron chi connectivity index (χ4n) is 3.25. The van der Waals surface area contributed by atoms with Gasteiger partial charge in [0.15, 0.2) is 0 Å². The van der Waals surface area contributed by atoms with Gasteiger partial charge in [-0.2, -0.15) is 5.26 Å².